The van der Waals surface area contributed by atoms with Crippen LogP contribution in [0, 0.1) is 0 Å². The first-order valence-electron chi connectivity index (χ1n) is 8.86. The number of ether oxygens (including phenoxy) is 2. The molecule has 0 aliphatic carbocycles. The molecule has 0 unspecified atom stereocenters. The molecule has 0 saturated carbocycles. The molecule has 3 heteroatoms. The maximum atomic E-state index is 10.0. The monoisotopic (exact) mass is 328 g/mol. The predicted molar refractivity (Wildman–Crippen MR) is 102 cm³/mol. The largest absolute Gasteiger partial charge is 0.353 e. The average Bonchev–Trinajstić information content (AvgIpc) is 2.48. The molecule has 138 valence electrons. The highest BCUT2D eigenvalue weighted by Crippen LogP contribution is 2.05. The molecule has 0 atom stereocenters. The van der Waals surface area contributed by atoms with Crippen LogP contribution in [0.4, 0.5) is 0 Å². The van der Waals surface area contributed by atoms with Gasteiger partial charge in [0.15, 0.2) is 6.29 Å². The van der Waals surface area contributed by atoms with Crippen molar-refractivity contribution < 1.29 is 14.3 Å². The third-order valence-electron chi connectivity index (χ3n) is 2.75. The number of unbranched alkanes of at least 4 members (excludes halogenated alkanes) is 1. The van der Waals surface area contributed by atoms with Crippen LogP contribution in [-0.2, 0) is 14.3 Å². The first-order valence-corrected chi connectivity index (χ1v) is 8.86. The number of carbonyl (C=O) groups excluding carboxylic acids is 1. The summed E-state index contributed by atoms with van der Waals surface area (Å²) >= 11 is 0. The molecule has 0 aliphatic rings. The van der Waals surface area contributed by atoms with E-state index in [9.17, 15) is 4.79 Å². The van der Waals surface area contributed by atoms with E-state index in [2.05, 4.69) is 33.8 Å². The van der Waals surface area contributed by atoms with Gasteiger partial charge < -0.3 is 9.47 Å². The second-order valence-electron chi connectivity index (χ2n) is 5.45. The van der Waals surface area contributed by atoms with E-state index in [1.165, 1.54) is 18.4 Å². The number of hydrogen-bond acceptors (Lipinski definition) is 3. The van der Waals surface area contributed by atoms with Crippen LogP contribution in [0.2, 0.25) is 0 Å². The Morgan fingerprint density at radius 2 is 1.43 bits per heavy atom. The van der Waals surface area contributed by atoms with Crippen LogP contribution >= 0.6 is 0 Å². The van der Waals surface area contributed by atoms with Gasteiger partial charge in [-0.05, 0) is 60.5 Å². The highest BCUT2D eigenvalue weighted by Gasteiger charge is 1.94. The fourth-order valence-electron chi connectivity index (χ4n) is 1.31. The second-order valence-corrected chi connectivity index (χ2v) is 5.45. The molecule has 0 fully saturated rings. The summed E-state index contributed by atoms with van der Waals surface area (Å²) in [7, 11) is 0. The average molecular weight is 329 g/mol. The molecule has 0 aromatic rings. The Kier molecular flexibility index (Phi) is 27.3. The second kappa shape index (κ2) is 23.3. The summed E-state index contributed by atoms with van der Waals surface area (Å²) in [6.45, 7) is 17.8. The lowest BCUT2D eigenvalue weighted by atomic mass is 10.1. The summed E-state index contributed by atoms with van der Waals surface area (Å²) in [4.78, 5) is 10.0. The van der Waals surface area contributed by atoms with Crippen molar-refractivity contribution in [1.82, 2.24) is 0 Å². The molecule has 0 radical (unpaired) electrons. The molecular formula is C20H40O3. The van der Waals surface area contributed by atoms with Gasteiger partial charge in [-0.15, -0.1) is 0 Å². The molecule has 0 saturated heterocycles. The van der Waals surface area contributed by atoms with Crippen LogP contribution < -0.4 is 0 Å². The molecule has 0 spiro atoms. The lowest BCUT2D eigenvalue weighted by Crippen LogP contribution is -2.11. The minimum absolute atomic E-state index is 0.0370. The minimum atomic E-state index is -0.0370. The number of rotatable bonds is 9. The molecule has 0 N–H and O–H groups in total. The first-order chi connectivity index (χ1) is 10.9. The summed E-state index contributed by atoms with van der Waals surface area (Å²) in [6, 6.07) is 0. The quantitative estimate of drug-likeness (QED) is 0.222. The molecule has 0 bridgehead atoms. The Labute approximate surface area is 145 Å². The SMILES string of the molecule is CC(C)=CCCC(C)=CC=O.CCCC.CCOC(C)OCC. The Morgan fingerprint density at radius 1 is 0.957 bits per heavy atom. The normalized spacial score (nSPS) is 10.2. The number of allylic oxidation sites excluding steroid dienone is 4. The van der Waals surface area contributed by atoms with Crippen LogP contribution in [0.25, 0.3) is 0 Å². The third kappa shape index (κ3) is 33.7. The van der Waals surface area contributed by atoms with E-state index in [0.29, 0.717) is 0 Å². The van der Waals surface area contributed by atoms with E-state index in [0.717, 1.165) is 37.9 Å². The van der Waals surface area contributed by atoms with Crippen molar-refractivity contribution in [3.63, 3.8) is 0 Å². The van der Waals surface area contributed by atoms with Crippen LogP contribution in [0.15, 0.2) is 23.3 Å². The lowest BCUT2D eigenvalue weighted by molar-refractivity contribution is -0.123. The van der Waals surface area contributed by atoms with E-state index in [4.69, 9.17) is 9.47 Å². The van der Waals surface area contributed by atoms with Crippen molar-refractivity contribution >= 4 is 6.29 Å². The molecule has 0 rings (SSSR count). The van der Waals surface area contributed by atoms with Crippen LogP contribution in [0.5, 0.6) is 0 Å². The van der Waals surface area contributed by atoms with Crippen molar-refractivity contribution in [2.45, 2.75) is 87.4 Å². The Morgan fingerprint density at radius 3 is 1.74 bits per heavy atom. The summed E-state index contributed by atoms with van der Waals surface area (Å²) < 4.78 is 10.1. The number of aldehydes is 1. The van der Waals surface area contributed by atoms with Crippen LogP contribution in [0.1, 0.15) is 81.1 Å². The zero-order valence-electron chi connectivity index (χ0n) is 16.8. The van der Waals surface area contributed by atoms with Gasteiger partial charge in [0.25, 0.3) is 0 Å². The summed E-state index contributed by atoms with van der Waals surface area (Å²) in [6.07, 6.45) is 9.28. The summed E-state index contributed by atoms with van der Waals surface area (Å²) in [5.74, 6) is 0. The van der Waals surface area contributed by atoms with Crippen LogP contribution in [-0.4, -0.2) is 25.8 Å². The maximum Gasteiger partial charge on any atom is 0.154 e. The number of carbonyl (C=O) groups is 1. The van der Waals surface area contributed by atoms with Gasteiger partial charge in [0.1, 0.15) is 6.29 Å². The van der Waals surface area contributed by atoms with E-state index in [1.807, 2.05) is 27.7 Å². The molecular weight excluding hydrogens is 288 g/mol. The molecule has 0 aromatic heterocycles. The standard InChI is InChI=1S/C10H16O.C6H14O2.C4H10/c1-9(2)5-4-6-10(3)7-8-11;1-4-7-6(3)8-5-2;1-3-4-2/h5,7-8H,4,6H2,1-3H3;6H,4-5H2,1-3H3;3-4H2,1-2H3. The van der Waals surface area contributed by atoms with Gasteiger partial charge >= 0.3 is 0 Å². The van der Waals surface area contributed by atoms with Crippen molar-refractivity contribution in [2.75, 3.05) is 13.2 Å². The minimum Gasteiger partial charge on any atom is -0.353 e. The molecule has 0 aliphatic heterocycles. The highest BCUT2D eigenvalue weighted by molar-refractivity contribution is 5.65. The Balaban J connectivity index is -0.000000292. The van der Waals surface area contributed by atoms with Gasteiger partial charge in [-0.3, -0.25) is 4.79 Å². The Bertz CT molecular complexity index is 281. The summed E-state index contributed by atoms with van der Waals surface area (Å²) in [5.41, 5.74) is 2.49. The zero-order chi connectivity index (χ0) is 18.5. The maximum absolute atomic E-state index is 10.0. The van der Waals surface area contributed by atoms with Gasteiger partial charge in [0.05, 0.1) is 0 Å². The fraction of sp³-hybridized carbons (Fsp3) is 0.750. The van der Waals surface area contributed by atoms with Gasteiger partial charge in [-0.25, -0.2) is 0 Å². The van der Waals surface area contributed by atoms with E-state index < -0.39 is 0 Å². The van der Waals surface area contributed by atoms with Gasteiger partial charge in [-0.2, -0.15) is 0 Å². The highest BCUT2D eigenvalue weighted by atomic mass is 16.7. The van der Waals surface area contributed by atoms with Gasteiger partial charge in [0.2, 0.25) is 0 Å². The molecule has 0 heterocycles. The van der Waals surface area contributed by atoms with Crippen LogP contribution in [0.3, 0.4) is 0 Å². The lowest BCUT2D eigenvalue weighted by Gasteiger charge is -2.09. The topological polar surface area (TPSA) is 35.5 Å². The van der Waals surface area contributed by atoms with E-state index in [-0.39, 0.29) is 6.29 Å². The third-order valence-corrected chi connectivity index (χ3v) is 2.75. The molecule has 0 aromatic carbocycles. The van der Waals surface area contributed by atoms with E-state index >= 15 is 0 Å². The molecule has 3 nitrogen and oxygen atoms in total. The number of hydrogen-bond donors (Lipinski definition) is 0. The van der Waals surface area contributed by atoms with Crippen molar-refractivity contribution in [2.24, 2.45) is 0 Å². The molecule has 23 heavy (non-hydrogen) atoms. The first kappa shape index (κ1) is 26.9. The van der Waals surface area contributed by atoms with Crippen molar-refractivity contribution in [3.05, 3.63) is 23.3 Å². The van der Waals surface area contributed by atoms with Crippen molar-refractivity contribution in [3.8, 4) is 0 Å². The van der Waals surface area contributed by atoms with E-state index in [1.54, 1.807) is 6.08 Å². The molecule has 0 amide bonds. The Hall–Kier alpha value is -0.930. The predicted octanol–water partition coefficient (Wildman–Crippen LogP) is 6.09. The smallest absolute Gasteiger partial charge is 0.154 e. The van der Waals surface area contributed by atoms with Crippen molar-refractivity contribution in [1.29, 1.82) is 0 Å². The summed E-state index contributed by atoms with van der Waals surface area (Å²) in [5, 5.41) is 0. The van der Waals surface area contributed by atoms with Gasteiger partial charge in [0, 0.05) is 13.2 Å². The fourth-order valence-corrected chi connectivity index (χ4v) is 1.31. The zero-order valence-corrected chi connectivity index (χ0v) is 16.8. The van der Waals surface area contributed by atoms with Gasteiger partial charge in [-0.1, -0.05) is 43.9 Å².